The Bertz CT molecular complexity index is 665. The molecule has 2 heterocycles. The minimum Gasteiger partial charge on any atom is -0.465 e. The van der Waals surface area contributed by atoms with Gasteiger partial charge < -0.3 is 20.0 Å². The molecule has 0 atom stereocenters. The van der Waals surface area contributed by atoms with Crippen molar-refractivity contribution < 1.29 is 9.90 Å². The summed E-state index contributed by atoms with van der Waals surface area (Å²) in [4.78, 5) is 29.0. The minimum atomic E-state index is -0.844. The van der Waals surface area contributed by atoms with Gasteiger partial charge in [-0.05, 0) is 36.5 Å². The smallest absolute Gasteiger partial charge is 0.407 e. The van der Waals surface area contributed by atoms with Gasteiger partial charge >= 0.3 is 11.8 Å². The second kappa shape index (κ2) is 4.46. The predicted molar refractivity (Wildman–Crippen MR) is 70.5 cm³/mol. The zero-order valence-electron chi connectivity index (χ0n) is 10.3. The highest BCUT2D eigenvalue weighted by Gasteiger charge is 2.23. The molecule has 6 nitrogen and oxygen atoms in total. The van der Waals surface area contributed by atoms with E-state index in [0.717, 1.165) is 29.4 Å². The predicted octanol–water partition coefficient (Wildman–Crippen LogP) is 1.71. The van der Waals surface area contributed by atoms with Crippen molar-refractivity contribution in [3.05, 3.63) is 34.2 Å². The number of benzene rings is 1. The third-order valence-electron chi connectivity index (χ3n) is 3.78. The number of likely N-dealkylation sites (tertiary alicyclic amines) is 1. The lowest BCUT2D eigenvalue weighted by Gasteiger charge is -2.30. The molecule has 100 valence electrons. The van der Waals surface area contributed by atoms with Crippen molar-refractivity contribution in [3.8, 4) is 0 Å². The Morgan fingerprint density at radius 1 is 1.21 bits per heavy atom. The van der Waals surface area contributed by atoms with E-state index in [-0.39, 0.29) is 5.69 Å². The number of rotatable bonds is 1. The van der Waals surface area contributed by atoms with E-state index in [1.807, 2.05) is 18.2 Å². The summed E-state index contributed by atoms with van der Waals surface area (Å²) in [6, 6.07) is 5.88. The van der Waals surface area contributed by atoms with Gasteiger partial charge in [-0.15, -0.1) is 0 Å². The Balaban J connectivity index is 1.81. The monoisotopic (exact) mass is 261 g/mol. The second-order valence-electron chi connectivity index (χ2n) is 4.93. The number of amides is 1. The lowest BCUT2D eigenvalue weighted by molar-refractivity contribution is 0.132. The van der Waals surface area contributed by atoms with Crippen LogP contribution < -0.4 is 5.69 Å². The Hall–Kier alpha value is -2.24. The quantitative estimate of drug-likeness (QED) is 0.730. The van der Waals surface area contributed by atoms with Gasteiger partial charge in [0, 0.05) is 13.1 Å². The number of aromatic nitrogens is 2. The van der Waals surface area contributed by atoms with Crippen LogP contribution in [0.25, 0.3) is 11.0 Å². The van der Waals surface area contributed by atoms with Gasteiger partial charge in [0.1, 0.15) is 0 Å². The largest absolute Gasteiger partial charge is 0.465 e. The average molecular weight is 261 g/mol. The minimum absolute atomic E-state index is 0.201. The van der Waals surface area contributed by atoms with Crippen LogP contribution in [0, 0.1) is 0 Å². The third kappa shape index (κ3) is 2.21. The van der Waals surface area contributed by atoms with E-state index < -0.39 is 6.09 Å². The van der Waals surface area contributed by atoms with Crippen molar-refractivity contribution >= 4 is 17.1 Å². The summed E-state index contributed by atoms with van der Waals surface area (Å²) in [5.41, 5.74) is 2.57. The molecule has 3 N–H and O–H groups in total. The van der Waals surface area contributed by atoms with Crippen LogP contribution in [0.4, 0.5) is 4.79 Å². The van der Waals surface area contributed by atoms with Gasteiger partial charge in [-0.1, -0.05) is 6.07 Å². The van der Waals surface area contributed by atoms with E-state index in [1.54, 1.807) is 0 Å². The number of piperidine rings is 1. The molecule has 0 saturated carbocycles. The van der Waals surface area contributed by atoms with E-state index >= 15 is 0 Å². The molecule has 1 saturated heterocycles. The first-order valence-corrected chi connectivity index (χ1v) is 6.33. The Morgan fingerprint density at radius 2 is 1.89 bits per heavy atom. The molecule has 2 aromatic rings. The standard InChI is InChI=1S/C13H15N3O3/c17-12-14-10-2-1-9(7-11(10)15-12)8-3-5-16(6-4-8)13(18)19/h1-2,7-8H,3-6H2,(H,18,19)(H2,14,15,17). The molecular formula is C13H15N3O3. The van der Waals surface area contributed by atoms with Crippen molar-refractivity contribution in [3.63, 3.8) is 0 Å². The molecule has 6 heteroatoms. The van der Waals surface area contributed by atoms with Gasteiger partial charge in [-0.25, -0.2) is 9.59 Å². The van der Waals surface area contributed by atoms with Gasteiger partial charge in [-0.2, -0.15) is 0 Å². The average Bonchev–Trinajstić information content (AvgIpc) is 2.77. The molecule has 0 spiro atoms. The fourth-order valence-electron chi connectivity index (χ4n) is 2.71. The maximum absolute atomic E-state index is 11.2. The summed E-state index contributed by atoms with van der Waals surface area (Å²) in [5.74, 6) is 0.360. The Labute approximate surface area is 109 Å². The van der Waals surface area contributed by atoms with Crippen LogP contribution in [0.5, 0.6) is 0 Å². The number of imidazole rings is 1. The highest BCUT2D eigenvalue weighted by molar-refractivity contribution is 5.75. The van der Waals surface area contributed by atoms with Crippen LogP contribution in [0.1, 0.15) is 24.3 Å². The summed E-state index contributed by atoms with van der Waals surface area (Å²) in [7, 11) is 0. The maximum Gasteiger partial charge on any atom is 0.407 e. The second-order valence-corrected chi connectivity index (χ2v) is 4.93. The molecule has 19 heavy (non-hydrogen) atoms. The first kappa shape index (κ1) is 11.8. The Kier molecular flexibility index (Phi) is 2.77. The molecule has 1 aliphatic rings. The number of hydrogen-bond acceptors (Lipinski definition) is 2. The van der Waals surface area contributed by atoms with Crippen molar-refractivity contribution in [2.75, 3.05) is 13.1 Å². The number of nitrogens with one attached hydrogen (secondary N) is 2. The molecule has 1 aromatic carbocycles. The Morgan fingerprint density at radius 3 is 2.58 bits per heavy atom. The summed E-state index contributed by atoms with van der Waals surface area (Å²) in [6.45, 7) is 1.14. The lowest BCUT2D eigenvalue weighted by atomic mass is 9.89. The van der Waals surface area contributed by atoms with Crippen molar-refractivity contribution in [1.29, 1.82) is 0 Å². The normalized spacial score (nSPS) is 16.9. The van der Waals surface area contributed by atoms with Gasteiger partial charge in [0.25, 0.3) is 0 Å². The zero-order valence-corrected chi connectivity index (χ0v) is 10.3. The number of carbonyl (C=O) groups is 1. The van der Waals surface area contributed by atoms with Gasteiger partial charge in [0.2, 0.25) is 0 Å². The van der Waals surface area contributed by atoms with E-state index in [4.69, 9.17) is 5.11 Å². The molecular weight excluding hydrogens is 246 g/mol. The molecule has 0 radical (unpaired) electrons. The van der Waals surface area contributed by atoms with Crippen LogP contribution >= 0.6 is 0 Å². The molecule has 3 rings (SSSR count). The molecule has 1 aromatic heterocycles. The molecule has 0 bridgehead atoms. The number of H-pyrrole nitrogens is 2. The number of hydrogen-bond donors (Lipinski definition) is 3. The fraction of sp³-hybridized carbons (Fsp3) is 0.385. The van der Waals surface area contributed by atoms with Crippen LogP contribution in [0.2, 0.25) is 0 Å². The number of aromatic amines is 2. The van der Waals surface area contributed by atoms with Crippen molar-refractivity contribution in [2.24, 2.45) is 0 Å². The lowest BCUT2D eigenvalue weighted by Crippen LogP contribution is -2.36. The van der Waals surface area contributed by atoms with Crippen LogP contribution in [-0.2, 0) is 0 Å². The third-order valence-corrected chi connectivity index (χ3v) is 3.78. The van der Waals surface area contributed by atoms with Crippen LogP contribution in [-0.4, -0.2) is 39.2 Å². The van der Waals surface area contributed by atoms with Crippen molar-refractivity contribution in [2.45, 2.75) is 18.8 Å². The topological polar surface area (TPSA) is 89.2 Å². The molecule has 1 amide bonds. The van der Waals surface area contributed by atoms with Gasteiger partial charge in [0.05, 0.1) is 11.0 Å². The molecule has 0 unspecified atom stereocenters. The summed E-state index contributed by atoms with van der Waals surface area (Å²) in [6.07, 6.45) is 0.808. The first-order chi connectivity index (χ1) is 9.13. The van der Waals surface area contributed by atoms with E-state index in [0.29, 0.717) is 19.0 Å². The number of nitrogens with zero attached hydrogens (tertiary/aromatic N) is 1. The summed E-state index contributed by atoms with van der Waals surface area (Å²) >= 11 is 0. The van der Waals surface area contributed by atoms with Crippen LogP contribution in [0.15, 0.2) is 23.0 Å². The highest BCUT2D eigenvalue weighted by Crippen LogP contribution is 2.29. The maximum atomic E-state index is 11.2. The first-order valence-electron chi connectivity index (χ1n) is 6.33. The van der Waals surface area contributed by atoms with Gasteiger partial charge in [0.15, 0.2) is 0 Å². The SMILES string of the molecule is O=C(O)N1CCC(c2ccc3[nH]c(=O)[nH]c3c2)CC1. The zero-order chi connectivity index (χ0) is 13.4. The number of carboxylic acid groups (broad SMARTS) is 1. The van der Waals surface area contributed by atoms with E-state index in [2.05, 4.69) is 9.97 Å². The molecule has 1 fully saturated rings. The van der Waals surface area contributed by atoms with Crippen molar-refractivity contribution in [1.82, 2.24) is 14.9 Å². The van der Waals surface area contributed by atoms with E-state index in [9.17, 15) is 9.59 Å². The number of fused-ring (bicyclic) bond motifs is 1. The summed E-state index contributed by atoms with van der Waals surface area (Å²) in [5, 5.41) is 8.92. The molecule has 1 aliphatic heterocycles. The fourth-order valence-corrected chi connectivity index (χ4v) is 2.71. The van der Waals surface area contributed by atoms with Gasteiger partial charge in [-0.3, -0.25) is 0 Å². The van der Waals surface area contributed by atoms with Crippen LogP contribution in [0.3, 0.4) is 0 Å². The molecule has 0 aliphatic carbocycles. The van der Waals surface area contributed by atoms with E-state index in [1.165, 1.54) is 4.90 Å². The highest BCUT2D eigenvalue weighted by atomic mass is 16.4. The summed E-state index contributed by atoms with van der Waals surface area (Å²) < 4.78 is 0.